The summed E-state index contributed by atoms with van der Waals surface area (Å²) in [6.45, 7) is 3.24. The van der Waals surface area contributed by atoms with Gasteiger partial charge >= 0.3 is 11.9 Å². The number of ketones is 1. The minimum Gasteiger partial charge on any atom is -0.462 e. The minimum atomic E-state index is -0.446. The van der Waals surface area contributed by atoms with Gasteiger partial charge < -0.3 is 9.47 Å². The highest BCUT2D eigenvalue weighted by molar-refractivity contribution is 5.89. The highest BCUT2D eigenvalue weighted by Crippen LogP contribution is 2.09. The lowest BCUT2D eigenvalue weighted by Crippen LogP contribution is -2.11. The maximum atomic E-state index is 11.5. The fourth-order valence-electron chi connectivity index (χ4n) is 1.77. The third-order valence-electron chi connectivity index (χ3n) is 2.82. The van der Waals surface area contributed by atoms with Gasteiger partial charge in [-0.05, 0) is 37.5 Å². The fraction of sp³-hybridized carbons (Fsp3) is 0.438. The Morgan fingerprint density at radius 3 is 2.29 bits per heavy atom. The van der Waals surface area contributed by atoms with Crippen LogP contribution in [0.5, 0.6) is 0 Å². The van der Waals surface area contributed by atoms with Crippen molar-refractivity contribution in [1.82, 2.24) is 0 Å². The van der Waals surface area contributed by atoms with Gasteiger partial charge in [-0.3, -0.25) is 9.59 Å². The van der Waals surface area contributed by atoms with E-state index in [1.54, 1.807) is 19.1 Å². The highest BCUT2D eigenvalue weighted by atomic mass is 16.5. The molecule has 0 aromatic heterocycles. The summed E-state index contributed by atoms with van der Waals surface area (Å²) in [5, 5.41) is 0. The lowest BCUT2D eigenvalue weighted by Gasteiger charge is -2.04. The predicted octanol–water partition coefficient (Wildman–Crippen LogP) is 2.32. The van der Waals surface area contributed by atoms with E-state index in [1.165, 1.54) is 6.92 Å². The molecule has 1 aromatic rings. The molecule has 0 spiro atoms. The molecular weight excluding hydrogens is 272 g/mol. The SMILES string of the molecule is CCOC(=O)c1ccc(CCCC(=O)COC(C)=O)cc1. The zero-order valence-corrected chi connectivity index (χ0v) is 12.4. The van der Waals surface area contributed by atoms with Gasteiger partial charge in [0.25, 0.3) is 0 Å². The number of benzene rings is 1. The maximum absolute atomic E-state index is 11.5. The van der Waals surface area contributed by atoms with Gasteiger partial charge in [0, 0.05) is 13.3 Å². The van der Waals surface area contributed by atoms with Gasteiger partial charge in [-0.1, -0.05) is 12.1 Å². The molecule has 0 fully saturated rings. The Kier molecular flexibility index (Phi) is 7.15. The summed E-state index contributed by atoms with van der Waals surface area (Å²) in [4.78, 5) is 33.5. The Labute approximate surface area is 124 Å². The second-order valence-electron chi connectivity index (χ2n) is 4.59. The number of carbonyl (C=O) groups excluding carboxylic acids is 3. The Hall–Kier alpha value is -2.17. The van der Waals surface area contributed by atoms with Crippen molar-refractivity contribution >= 4 is 17.7 Å². The molecule has 0 aliphatic carbocycles. The van der Waals surface area contributed by atoms with E-state index in [2.05, 4.69) is 4.74 Å². The third-order valence-corrected chi connectivity index (χ3v) is 2.82. The smallest absolute Gasteiger partial charge is 0.338 e. The van der Waals surface area contributed by atoms with E-state index in [4.69, 9.17) is 4.74 Å². The van der Waals surface area contributed by atoms with Gasteiger partial charge in [0.1, 0.15) is 6.61 Å². The topological polar surface area (TPSA) is 69.7 Å². The molecule has 0 bridgehead atoms. The first kappa shape index (κ1) is 16.9. The first-order valence-electron chi connectivity index (χ1n) is 6.94. The number of ether oxygens (including phenoxy) is 2. The van der Waals surface area contributed by atoms with E-state index < -0.39 is 5.97 Å². The van der Waals surface area contributed by atoms with Crippen LogP contribution in [0.2, 0.25) is 0 Å². The molecule has 0 N–H and O–H groups in total. The summed E-state index contributed by atoms with van der Waals surface area (Å²) in [5.41, 5.74) is 1.56. The molecule has 5 heteroatoms. The van der Waals surface area contributed by atoms with Gasteiger partial charge in [0.05, 0.1) is 12.2 Å². The van der Waals surface area contributed by atoms with Crippen LogP contribution >= 0.6 is 0 Å². The van der Waals surface area contributed by atoms with Crippen molar-refractivity contribution in [3.8, 4) is 0 Å². The van der Waals surface area contributed by atoms with Crippen molar-refractivity contribution in [3.63, 3.8) is 0 Å². The quantitative estimate of drug-likeness (QED) is 0.688. The first-order valence-corrected chi connectivity index (χ1v) is 6.94. The lowest BCUT2D eigenvalue weighted by molar-refractivity contribution is -0.145. The van der Waals surface area contributed by atoms with Crippen LogP contribution in [0, 0.1) is 0 Å². The number of rotatable bonds is 8. The van der Waals surface area contributed by atoms with Crippen LogP contribution in [0.15, 0.2) is 24.3 Å². The molecule has 0 unspecified atom stereocenters. The fourth-order valence-corrected chi connectivity index (χ4v) is 1.77. The number of Topliss-reactive ketones (excluding diaryl/α,β-unsaturated/α-hetero) is 1. The van der Waals surface area contributed by atoms with Crippen molar-refractivity contribution in [2.75, 3.05) is 13.2 Å². The molecule has 5 nitrogen and oxygen atoms in total. The van der Waals surface area contributed by atoms with E-state index in [0.29, 0.717) is 25.0 Å². The monoisotopic (exact) mass is 292 g/mol. The molecule has 1 aromatic carbocycles. The summed E-state index contributed by atoms with van der Waals surface area (Å²) < 4.78 is 9.53. The molecule has 0 saturated heterocycles. The van der Waals surface area contributed by atoms with Crippen molar-refractivity contribution in [3.05, 3.63) is 35.4 Å². The van der Waals surface area contributed by atoms with Gasteiger partial charge in [-0.15, -0.1) is 0 Å². The van der Waals surface area contributed by atoms with E-state index in [0.717, 1.165) is 12.0 Å². The molecule has 0 heterocycles. The van der Waals surface area contributed by atoms with Crippen LogP contribution in [-0.4, -0.2) is 30.9 Å². The Morgan fingerprint density at radius 1 is 1.05 bits per heavy atom. The maximum Gasteiger partial charge on any atom is 0.338 e. The molecule has 21 heavy (non-hydrogen) atoms. The van der Waals surface area contributed by atoms with Crippen molar-refractivity contribution in [2.45, 2.75) is 33.1 Å². The van der Waals surface area contributed by atoms with Crippen molar-refractivity contribution < 1.29 is 23.9 Å². The predicted molar refractivity (Wildman–Crippen MR) is 77.0 cm³/mol. The van der Waals surface area contributed by atoms with Crippen LogP contribution in [0.3, 0.4) is 0 Å². The molecule has 0 amide bonds. The van der Waals surface area contributed by atoms with Gasteiger partial charge in [0.2, 0.25) is 0 Å². The van der Waals surface area contributed by atoms with E-state index in [-0.39, 0.29) is 18.4 Å². The van der Waals surface area contributed by atoms with Gasteiger partial charge in [0.15, 0.2) is 5.78 Å². The van der Waals surface area contributed by atoms with Crippen LogP contribution in [0.1, 0.15) is 42.6 Å². The van der Waals surface area contributed by atoms with Gasteiger partial charge in [-0.25, -0.2) is 4.79 Å². The lowest BCUT2D eigenvalue weighted by atomic mass is 10.0. The second-order valence-corrected chi connectivity index (χ2v) is 4.59. The Morgan fingerprint density at radius 2 is 1.71 bits per heavy atom. The molecule has 0 aliphatic heterocycles. The van der Waals surface area contributed by atoms with Crippen LogP contribution < -0.4 is 0 Å². The Bertz CT molecular complexity index is 490. The average Bonchev–Trinajstić information content (AvgIpc) is 2.46. The third kappa shape index (κ3) is 6.70. The summed E-state index contributed by atoms with van der Waals surface area (Å²) in [6.07, 6.45) is 1.78. The van der Waals surface area contributed by atoms with Crippen LogP contribution in [0.4, 0.5) is 0 Å². The normalized spacial score (nSPS) is 10.0. The number of hydrogen-bond acceptors (Lipinski definition) is 5. The van der Waals surface area contributed by atoms with E-state index in [9.17, 15) is 14.4 Å². The first-order chi connectivity index (χ1) is 10.0. The van der Waals surface area contributed by atoms with Crippen molar-refractivity contribution in [2.24, 2.45) is 0 Å². The zero-order valence-electron chi connectivity index (χ0n) is 12.4. The Balaban J connectivity index is 2.34. The summed E-state index contributed by atoms with van der Waals surface area (Å²) in [6, 6.07) is 7.13. The largest absolute Gasteiger partial charge is 0.462 e. The van der Waals surface area contributed by atoms with E-state index in [1.807, 2.05) is 12.1 Å². The summed E-state index contributed by atoms with van der Waals surface area (Å²) in [7, 11) is 0. The molecule has 0 aliphatic rings. The van der Waals surface area contributed by atoms with Crippen LogP contribution in [0.25, 0.3) is 0 Å². The molecule has 1 rings (SSSR count). The number of hydrogen-bond donors (Lipinski definition) is 0. The van der Waals surface area contributed by atoms with Crippen LogP contribution in [-0.2, 0) is 25.5 Å². The van der Waals surface area contributed by atoms with Gasteiger partial charge in [-0.2, -0.15) is 0 Å². The minimum absolute atomic E-state index is 0.0895. The molecule has 114 valence electrons. The highest BCUT2D eigenvalue weighted by Gasteiger charge is 2.07. The average molecular weight is 292 g/mol. The molecule has 0 saturated carbocycles. The van der Waals surface area contributed by atoms with E-state index >= 15 is 0 Å². The standard InChI is InChI=1S/C16H20O5/c1-3-20-16(19)14-9-7-13(8-10-14)5-4-6-15(18)11-21-12(2)17/h7-10H,3-6,11H2,1-2H3. The number of carbonyl (C=O) groups is 3. The summed E-state index contributed by atoms with van der Waals surface area (Å²) >= 11 is 0. The second kappa shape index (κ2) is 8.89. The summed E-state index contributed by atoms with van der Waals surface area (Å²) in [5.74, 6) is -0.869. The number of aryl methyl sites for hydroxylation is 1. The molecule has 0 radical (unpaired) electrons. The zero-order chi connectivity index (χ0) is 15.7. The van der Waals surface area contributed by atoms with Crippen molar-refractivity contribution in [1.29, 1.82) is 0 Å². The molecule has 0 atom stereocenters. The molecular formula is C16H20O5. The number of esters is 2.